The summed E-state index contributed by atoms with van der Waals surface area (Å²) in [6, 6.07) is 4.17. The minimum absolute atomic E-state index is 0.225. The summed E-state index contributed by atoms with van der Waals surface area (Å²) in [7, 11) is 0. The van der Waals surface area contributed by atoms with Crippen LogP contribution in [0.25, 0.3) is 0 Å². The Morgan fingerprint density at radius 3 is 3.00 bits per heavy atom. The quantitative estimate of drug-likeness (QED) is 0.688. The molecule has 1 atom stereocenters. The molecule has 0 bridgehead atoms. The maximum Gasteiger partial charge on any atom is 0.233 e. The molecule has 5 heteroatoms. The van der Waals surface area contributed by atoms with Crippen LogP contribution in [0.1, 0.15) is 36.4 Å². The molecule has 0 aliphatic carbocycles. The van der Waals surface area contributed by atoms with Crippen molar-refractivity contribution in [2.45, 2.75) is 31.6 Å². The number of ether oxygens (including phenoxy) is 1. The second kappa shape index (κ2) is 7.92. The second-order valence-electron chi connectivity index (χ2n) is 4.59. The Morgan fingerprint density at radius 1 is 1.42 bits per heavy atom. The minimum atomic E-state index is 0.225. The van der Waals surface area contributed by atoms with Crippen LogP contribution in [0.5, 0.6) is 0 Å². The fourth-order valence-electron chi connectivity index (χ4n) is 2.05. The molecule has 1 aliphatic heterocycles. The van der Waals surface area contributed by atoms with Gasteiger partial charge in [0.2, 0.25) is 5.91 Å². The van der Waals surface area contributed by atoms with Crippen molar-refractivity contribution in [1.82, 2.24) is 4.90 Å². The number of hydrogen-bond acceptors (Lipinski definition) is 4. The standard InChI is InChI=1S/C14H21NO2S2/c1-2-3-8-17-9-5-7-15-13(16)11-19-14(15)12-6-4-10-18-12/h4,6,10,14H,2-3,5,7-9,11H2,1H3. The lowest BCUT2D eigenvalue weighted by atomic mass is 10.3. The maximum atomic E-state index is 11.9. The average molecular weight is 299 g/mol. The molecule has 1 aromatic heterocycles. The van der Waals surface area contributed by atoms with Gasteiger partial charge in [-0.05, 0) is 24.3 Å². The van der Waals surface area contributed by atoms with Gasteiger partial charge in [0.1, 0.15) is 5.37 Å². The molecule has 106 valence electrons. The van der Waals surface area contributed by atoms with E-state index < -0.39 is 0 Å². The Kier molecular flexibility index (Phi) is 6.20. The van der Waals surface area contributed by atoms with Crippen molar-refractivity contribution in [3.8, 4) is 0 Å². The summed E-state index contributed by atoms with van der Waals surface area (Å²) in [5, 5.41) is 2.30. The number of carbonyl (C=O) groups excluding carboxylic acids is 1. The number of nitrogens with zero attached hydrogens (tertiary/aromatic N) is 1. The first-order valence-electron chi connectivity index (χ1n) is 6.85. The van der Waals surface area contributed by atoms with Crippen LogP contribution in [0, 0.1) is 0 Å². The average Bonchev–Trinajstić information content (AvgIpc) is 3.04. The Labute approximate surface area is 123 Å². The molecule has 0 aromatic carbocycles. The van der Waals surface area contributed by atoms with Gasteiger partial charge in [0.15, 0.2) is 0 Å². The molecule has 1 aliphatic rings. The van der Waals surface area contributed by atoms with E-state index >= 15 is 0 Å². The van der Waals surface area contributed by atoms with Crippen LogP contribution in [-0.4, -0.2) is 36.3 Å². The number of hydrogen-bond donors (Lipinski definition) is 0. The highest BCUT2D eigenvalue weighted by Gasteiger charge is 2.32. The predicted octanol–water partition coefficient (Wildman–Crippen LogP) is 3.53. The van der Waals surface area contributed by atoms with Gasteiger partial charge in [0, 0.05) is 24.6 Å². The minimum Gasteiger partial charge on any atom is -0.381 e. The van der Waals surface area contributed by atoms with Gasteiger partial charge in [-0.1, -0.05) is 19.4 Å². The Bertz CT molecular complexity index is 381. The van der Waals surface area contributed by atoms with Gasteiger partial charge in [-0.25, -0.2) is 0 Å². The zero-order valence-corrected chi connectivity index (χ0v) is 13.0. The molecule has 1 saturated heterocycles. The number of rotatable bonds is 8. The van der Waals surface area contributed by atoms with Crippen LogP contribution in [-0.2, 0) is 9.53 Å². The van der Waals surface area contributed by atoms with Crippen molar-refractivity contribution >= 4 is 29.0 Å². The fraction of sp³-hybridized carbons (Fsp3) is 0.643. The van der Waals surface area contributed by atoms with Crippen molar-refractivity contribution in [3.05, 3.63) is 22.4 Å². The van der Waals surface area contributed by atoms with E-state index in [0.29, 0.717) is 5.75 Å². The van der Waals surface area contributed by atoms with Crippen LogP contribution < -0.4 is 0 Å². The molecule has 1 unspecified atom stereocenters. The number of carbonyl (C=O) groups is 1. The lowest BCUT2D eigenvalue weighted by Gasteiger charge is -2.22. The van der Waals surface area contributed by atoms with Gasteiger partial charge in [-0.2, -0.15) is 0 Å². The Morgan fingerprint density at radius 2 is 2.26 bits per heavy atom. The molecule has 1 amide bonds. The molecule has 19 heavy (non-hydrogen) atoms. The topological polar surface area (TPSA) is 29.5 Å². The van der Waals surface area contributed by atoms with E-state index in [1.807, 2.05) is 4.90 Å². The number of unbranched alkanes of at least 4 members (excludes halogenated alkanes) is 1. The van der Waals surface area contributed by atoms with E-state index in [1.165, 1.54) is 11.3 Å². The van der Waals surface area contributed by atoms with Crippen molar-refractivity contribution in [3.63, 3.8) is 0 Å². The molecule has 3 nitrogen and oxygen atoms in total. The monoisotopic (exact) mass is 299 g/mol. The molecule has 2 heterocycles. The fourth-order valence-corrected chi connectivity index (χ4v) is 4.25. The lowest BCUT2D eigenvalue weighted by Crippen LogP contribution is -2.29. The van der Waals surface area contributed by atoms with Crippen LogP contribution >= 0.6 is 23.1 Å². The maximum absolute atomic E-state index is 11.9. The summed E-state index contributed by atoms with van der Waals surface area (Å²) in [5.41, 5.74) is 0. The third-order valence-electron chi connectivity index (χ3n) is 3.08. The van der Waals surface area contributed by atoms with Crippen LogP contribution in [0.3, 0.4) is 0 Å². The molecule has 1 aromatic rings. The Hall–Kier alpha value is -0.520. The van der Waals surface area contributed by atoms with Gasteiger partial charge in [0.25, 0.3) is 0 Å². The first kappa shape index (κ1) is 14.9. The van der Waals surface area contributed by atoms with Crippen LogP contribution in [0.15, 0.2) is 17.5 Å². The number of thiophene rings is 1. The molecule has 2 rings (SSSR count). The van der Waals surface area contributed by atoms with Gasteiger partial charge in [-0.3, -0.25) is 4.79 Å². The summed E-state index contributed by atoms with van der Waals surface area (Å²) in [5.74, 6) is 0.871. The van der Waals surface area contributed by atoms with Gasteiger partial charge in [-0.15, -0.1) is 23.1 Å². The summed E-state index contributed by atoms with van der Waals surface area (Å²) < 4.78 is 5.55. The van der Waals surface area contributed by atoms with E-state index in [9.17, 15) is 4.79 Å². The van der Waals surface area contributed by atoms with E-state index in [0.717, 1.165) is 32.6 Å². The normalized spacial score (nSPS) is 19.3. The van der Waals surface area contributed by atoms with Crippen molar-refractivity contribution in [2.24, 2.45) is 0 Å². The van der Waals surface area contributed by atoms with Crippen molar-refractivity contribution in [2.75, 3.05) is 25.5 Å². The first-order chi connectivity index (χ1) is 9.33. The molecule has 0 radical (unpaired) electrons. The van der Waals surface area contributed by atoms with E-state index in [-0.39, 0.29) is 11.3 Å². The lowest BCUT2D eigenvalue weighted by molar-refractivity contribution is -0.128. The first-order valence-corrected chi connectivity index (χ1v) is 8.78. The Balaban J connectivity index is 1.75. The third-order valence-corrected chi connectivity index (χ3v) is 5.40. The number of thioether (sulfide) groups is 1. The molecule has 0 spiro atoms. The molecule has 1 fully saturated rings. The predicted molar refractivity (Wildman–Crippen MR) is 81.6 cm³/mol. The zero-order valence-electron chi connectivity index (χ0n) is 11.3. The summed E-state index contributed by atoms with van der Waals surface area (Å²) in [4.78, 5) is 15.2. The zero-order chi connectivity index (χ0) is 13.5. The van der Waals surface area contributed by atoms with Gasteiger partial charge >= 0.3 is 0 Å². The molecular formula is C14H21NO2S2. The second-order valence-corrected chi connectivity index (χ2v) is 6.63. The van der Waals surface area contributed by atoms with Crippen LogP contribution in [0.2, 0.25) is 0 Å². The summed E-state index contributed by atoms with van der Waals surface area (Å²) in [6.45, 7) is 4.56. The van der Waals surface area contributed by atoms with Crippen LogP contribution in [0.4, 0.5) is 0 Å². The summed E-state index contributed by atoms with van der Waals surface area (Å²) >= 11 is 3.46. The highest BCUT2D eigenvalue weighted by molar-refractivity contribution is 8.00. The van der Waals surface area contributed by atoms with E-state index in [2.05, 4.69) is 24.4 Å². The van der Waals surface area contributed by atoms with E-state index in [1.54, 1.807) is 23.1 Å². The van der Waals surface area contributed by atoms with Crippen molar-refractivity contribution in [1.29, 1.82) is 0 Å². The number of amides is 1. The highest BCUT2D eigenvalue weighted by Crippen LogP contribution is 2.40. The molecule has 0 N–H and O–H groups in total. The summed E-state index contributed by atoms with van der Waals surface area (Å²) in [6.07, 6.45) is 3.22. The van der Waals surface area contributed by atoms with Gasteiger partial charge in [0.05, 0.1) is 5.75 Å². The largest absolute Gasteiger partial charge is 0.381 e. The van der Waals surface area contributed by atoms with Gasteiger partial charge < -0.3 is 9.64 Å². The molecule has 0 saturated carbocycles. The highest BCUT2D eigenvalue weighted by atomic mass is 32.2. The smallest absolute Gasteiger partial charge is 0.233 e. The van der Waals surface area contributed by atoms with E-state index in [4.69, 9.17) is 4.74 Å². The van der Waals surface area contributed by atoms with Crippen molar-refractivity contribution < 1.29 is 9.53 Å². The SMILES string of the molecule is CCCCOCCCN1C(=O)CSC1c1cccs1. The molecular weight excluding hydrogens is 278 g/mol. The third kappa shape index (κ3) is 4.23.